The van der Waals surface area contributed by atoms with Crippen molar-refractivity contribution in [1.29, 1.82) is 0 Å². The summed E-state index contributed by atoms with van der Waals surface area (Å²) >= 11 is 0. The number of rotatable bonds is 2. The van der Waals surface area contributed by atoms with Crippen LogP contribution in [0.1, 0.15) is 23.1 Å². The zero-order chi connectivity index (χ0) is 11.7. The van der Waals surface area contributed by atoms with Crippen LogP contribution < -0.4 is 5.32 Å². The van der Waals surface area contributed by atoms with E-state index in [4.69, 9.17) is 0 Å². The van der Waals surface area contributed by atoms with Crippen LogP contribution in [-0.4, -0.2) is 23.3 Å². The molecular weight excluding hydrogens is 288 g/mol. The summed E-state index contributed by atoms with van der Waals surface area (Å²) in [5.41, 5.74) is 2.32. The van der Waals surface area contributed by atoms with Gasteiger partial charge in [0.25, 0.3) is 0 Å². The van der Waals surface area contributed by atoms with Gasteiger partial charge in [0.05, 0.1) is 0 Å². The third-order valence-corrected chi connectivity index (χ3v) is 3.43. The maximum atomic E-state index is 12.9. The Kier molecular flexibility index (Phi) is 5.79. The third-order valence-electron chi connectivity index (χ3n) is 3.43. The van der Waals surface area contributed by atoms with Crippen LogP contribution in [0.25, 0.3) is 0 Å². The highest BCUT2D eigenvalue weighted by molar-refractivity contribution is 5.85. The predicted octanol–water partition coefficient (Wildman–Crippen LogP) is 2.86. The lowest BCUT2D eigenvalue weighted by atomic mass is 9.87. The molecule has 2 atom stereocenters. The number of nitrogens with one attached hydrogen (secondary N) is 2. The van der Waals surface area contributed by atoms with Crippen molar-refractivity contribution in [2.24, 2.45) is 0 Å². The Balaban J connectivity index is 0.000000902. The van der Waals surface area contributed by atoms with Gasteiger partial charge in [-0.25, -0.2) is 4.39 Å². The summed E-state index contributed by atoms with van der Waals surface area (Å²) in [6.45, 7) is 1.86. The zero-order valence-corrected chi connectivity index (χ0v) is 11.8. The van der Waals surface area contributed by atoms with Gasteiger partial charge in [-0.15, -0.1) is 24.8 Å². The highest BCUT2D eigenvalue weighted by atomic mass is 35.5. The summed E-state index contributed by atoms with van der Waals surface area (Å²) in [7, 11) is 0. The maximum absolute atomic E-state index is 12.9. The van der Waals surface area contributed by atoms with E-state index >= 15 is 0 Å². The van der Waals surface area contributed by atoms with E-state index in [9.17, 15) is 4.39 Å². The minimum absolute atomic E-state index is 0. The van der Waals surface area contributed by atoms with Crippen molar-refractivity contribution in [2.45, 2.75) is 11.8 Å². The van der Waals surface area contributed by atoms with Gasteiger partial charge in [-0.1, -0.05) is 12.1 Å². The largest absolute Gasteiger partial charge is 0.315 e. The number of halogens is 3. The molecule has 0 amide bonds. The number of H-pyrrole nitrogens is 1. The van der Waals surface area contributed by atoms with E-state index in [2.05, 4.69) is 15.5 Å². The van der Waals surface area contributed by atoms with Crippen LogP contribution in [0, 0.1) is 5.82 Å². The van der Waals surface area contributed by atoms with E-state index in [1.807, 2.05) is 18.2 Å². The first-order valence-electron chi connectivity index (χ1n) is 5.80. The first-order chi connectivity index (χ1) is 8.34. The maximum Gasteiger partial charge on any atom is 0.123 e. The Bertz CT molecular complexity index is 487. The van der Waals surface area contributed by atoms with Crippen molar-refractivity contribution in [3.05, 3.63) is 53.6 Å². The number of aromatic nitrogens is 2. The lowest BCUT2D eigenvalue weighted by Gasteiger charge is -2.17. The SMILES string of the molecule is Cl.Cl.Fc1ccc([C@@H]2CNC[C@H]2c2ccn[nH]2)cc1. The monoisotopic (exact) mass is 303 g/mol. The molecule has 1 aliphatic heterocycles. The molecular formula is C13H16Cl2FN3. The van der Waals surface area contributed by atoms with E-state index in [1.54, 1.807) is 6.20 Å². The molecule has 1 aliphatic rings. The number of nitrogens with zero attached hydrogens (tertiary/aromatic N) is 1. The summed E-state index contributed by atoms with van der Waals surface area (Å²) in [6.07, 6.45) is 1.77. The summed E-state index contributed by atoms with van der Waals surface area (Å²) in [5.74, 6) is 0.594. The van der Waals surface area contributed by atoms with Crippen LogP contribution in [0.2, 0.25) is 0 Å². The number of benzene rings is 1. The van der Waals surface area contributed by atoms with Crippen molar-refractivity contribution in [1.82, 2.24) is 15.5 Å². The Morgan fingerprint density at radius 2 is 1.68 bits per heavy atom. The molecule has 0 spiro atoms. The van der Waals surface area contributed by atoms with Crippen LogP contribution in [-0.2, 0) is 0 Å². The molecule has 3 nitrogen and oxygen atoms in total. The van der Waals surface area contributed by atoms with Gasteiger partial charge < -0.3 is 5.32 Å². The van der Waals surface area contributed by atoms with Gasteiger partial charge in [0.15, 0.2) is 0 Å². The minimum Gasteiger partial charge on any atom is -0.315 e. The smallest absolute Gasteiger partial charge is 0.123 e. The van der Waals surface area contributed by atoms with E-state index < -0.39 is 0 Å². The Morgan fingerprint density at radius 1 is 1.00 bits per heavy atom. The molecule has 0 aliphatic carbocycles. The van der Waals surface area contributed by atoms with Crippen LogP contribution in [0.5, 0.6) is 0 Å². The highest BCUT2D eigenvalue weighted by Gasteiger charge is 2.30. The standard InChI is InChI=1S/C13H14FN3.2ClH/c14-10-3-1-9(2-4-10)11-7-15-8-12(11)13-5-6-16-17-13;;/h1-6,11-12,15H,7-8H2,(H,16,17);2*1H/t11-,12+;;/m0../s1. The normalized spacial score (nSPS) is 21.5. The van der Waals surface area contributed by atoms with E-state index in [-0.39, 0.29) is 30.6 Å². The van der Waals surface area contributed by atoms with Crippen molar-refractivity contribution in [2.75, 3.05) is 13.1 Å². The first-order valence-corrected chi connectivity index (χ1v) is 5.80. The molecule has 0 saturated carbocycles. The van der Waals surface area contributed by atoms with Crippen LogP contribution in [0.15, 0.2) is 36.5 Å². The van der Waals surface area contributed by atoms with E-state index in [0.29, 0.717) is 11.8 Å². The topological polar surface area (TPSA) is 40.7 Å². The molecule has 0 radical (unpaired) electrons. The average molecular weight is 304 g/mol. The lowest BCUT2D eigenvalue weighted by molar-refractivity contribution is 0.618. The quantitative estimate of drug-likeness (QED) is 0.895. The second kappa shape index (κ2) is 6.89. The Hall–Kier alpha value is -1.10. The second-order valence-electron chi connectivity index (χ2n) is 4.43. The molecule has 104 valence electrons. The molecule has 1 aromatic heterocycles. The van der Waals surface area contributed by atoms with Crippen molar-refractivity contribution in [3.8, 4) is 0 Å². The van der Waals surface area contributed by atoms with Crippen molar-refractivity contribution < 1.29 is 4.39 Å². The van der Waals surface area contributed by atoms with Crippen molar-refractivity contribution >= 4 is 24.8 Å². The molecule has 1 aromatic carbocycles. The highest BCUT2D eigenvalue weighted by Crippen LogP contribution is 2.34. The molecule has 3 rings (SSSR count). The fourth-order valence-corrected chi connectivity index (χ4v) is 2.54. The molecule has 0 unspecified atom stereocenters. The molecule has 6 heteroatoms. The van der Waals surface area contributed by atoms with Gasteiger partial charge >= 0.3 is 0 Å². The summed E-state index contributed by atoms with van der Waals surface area (Å²) in [4.78, 5) is 0. The zero-order valence-electron chi connectivity index (χ0n) is 10.2. The van der Waals surface area contributed by atoms with E-state index in [1.165, 1.54) is 17.7 Å². The first kappa shape index (κ1) is 16.0. The molecule has 2 heterocycles. The predicted molar refractivity (Wildman–Crippen MR) is 77.8 cm³/mol. The molecule has 2 aromatic rings. The second-order valence-corrected chi connectivity index (χ2v) is 4.43. The van der Waals surface area contributed by atoms with Gasteiger partial charge in [0, 0.05) is 36.8 Å². The van der Waals surface area contributed by atoms with Crippen LogP contribution >= 0.6 is 24.8 Å². The molecule has 19 heavy (non-hydrogen) atoms. The van der Waals surface area contributed by atoms with Gasteiger partial charge in [-0.2, -0.15) is 5.10 Å². The minimum atomic E-state index is -0.183. The molecule has 1 fully saturated rings. The Labute approximate surface area is 123 Å². The van der Waals surface area contributed by atoms with Crippen molar-refractivity contribution in [3.63, 3.8) is 0 Å². The molecule has 0 bridgehead atoms. The average Bonchev–Trinajstić information content (AvgIpc) is 3.00. The molecule has 2 N–H and O–H groups in total. The number of hydrogen-bond acceptors (Lipinski definition) is 2. The lowest BCUT2D eigenvalue weighted by Crippen LogP contribution is -2.09. The van der Waals surface area contributed by atoms with Gasteiger partial charge in [0.1, 0.15) is 5.82 Å². The van der Waals surface area contributed by atoms with Gasteiger partial charge in [-0.05, 0) is 23.8 Å². The summed E-state index contributed by atoms with van der Waals surface area (Å²) < 4.78 is 12.9. The number of hydrogen-bond donors (Lipinski definition) is 2. The van der Waals surface area contributed by atoms with Crippen LogP contribution in [0.4, 0.5) is 4.39 Å². The fraction of sp³-hybridized carbons (Fsp3) is 0.308. The third kappa shape index (κ3) is 3.26. The van der Waals surface area contributed by atoms with Crippen LogP contribution in [0.3, 0.4) is 0 Å². The fourth-order valence-electron chi connectivity index (χ4n) is 2.54. The van der Waals surface area contributed by atoms with Gasteiger partial charge in [-0.3, -0.25) is 5.10 Å². The van der Waals surface area contributed by atoms with Gasteiger partial charge in [0.2, 0.25) is 0 Å². The Morgan fingerprint density at radius 3 is 2.32 bits per heavy atom. The van der Waals surface area contributed by atoms with E-state index in [0.717, 1.165) is 18.8 Å². The summed E-state index contributed by atoms with van der Waals surface area (Å²) in [6, 6.07) is 8.80. The molecule has 1 saturated heterocycles. The number of aromatic amines is 1. The summed E-state index contributed by atoms with van der Waals surface area (Å²) in [5, 5.41) is 10.4.